The number of nitrogens with zero attached hydrogens (tertiary/aromatic N) is 3. The first-order valence-corrected chi connectivity index (χ1v) is 14.2. The highest BCUT2D eigenvalue weighted by Gasteiger charge is 2.37. The van der Waals surface area contributed by atoms with Gasteiger partial charge in [-0.25, -0.2) is 4.39 Å². The lowest BCUT2D eigenvalue weighted by Gasteiger charge is -2.34. The zero-order valence-electron chi connectivity index (χ0n) is 23.9. The van der Waals surface area contributed by atoms with Gasteiger partial charge in [-0.05, 0) is 66.4 Å². The second-order valence-corrected chi connectivity index (χ2v) is 10.7. The Bertz CT molecular complexity index is 1350. The normalized spacial score (nSPS) is 14.8. The van der Waals surface area contributed by atoms with Crippen molar-refractivity contribution in [1.82, 2.24) is 14.8 Å². The van der Waals surface area contributed by atoms with Gasteiger partial charge in [0.15, 0.2) is 0 Å². The van der Waals surface area contributed by atoms with Crippen molar-refractivity contribution in [3.63, 3.8) is 0 Å². The van der Waals surface area contributed by atoms with Gasteiger partial charge in [-0.15, -0.1) is 0 Å². The minimum absolute atomic E-state index is 0.0601. The molecule has 1 amide bonds. The third-order valence-corrected chi connectivity index (χ3v) is 7.92. The number of carboxylic acids is 1. The molecular weight excluding hydrogens is 519 g/mol. The SMILES string of the molecule is CCC(CC)(CC(=O)Nc1cccc(/C=C/c2cccc(CN3CCN(Cc4ccc(F)cc4)CC3)n2)c1)C(=O)O. The summed E-state index contributed by atoms with van der Waals surface area (Å²) in [6.07, 6.45) is 4.64. The standard InChI is InChI=1S/C33H39FN4O3/c1-3-33(4-2,32(40)41)22-31(39)36-29-9-5-7-25(21-29)13-16-28-8-6-10-30(35-28)24-38-19-17-37(18-20-38)23-26-11-14-27(34)15-12-26/h5-16,21H,3-4,17-20,22-24H2,1-2H3,(H,36,39)(H,40,41)/b16-13+. The number of rotatable bonds is 12. The molecule has 2 aromatic carbocycles. The topological polar surface area (TPSA) is 85.8 Å². The van der Waals surface area contributed by atoms with Crippen LogP contribution in [0.2, 0.25) is 0 Å². The number of amides is 1. The first-order chi connectivity index (χ1) is 19.8. The van der Waals surface area contributed by atoms with Crippen LogP contribution >= 0.6 is 0 Å². The molecule has 216 valence electrons. The van der Waals surface area contributed by atoms with E-state index in [0.29, 0.717) is 18.5 Å². The highest BCUT2D eigenvalue weighted by Crippen LogP contribution is 2.31. The van der Waals surface area contributed by atoms with E-state index < -0.39 is 11.4 Å². The van der Waals surface area contributed by atoms with Gasteiger partial charge in [0.25, 0.3) is 0 Å². The summed E-state index contributed by atoms with van der Waals surface area (Å²) in [6, 6.07) is 20.2. The first-order valence-electron chi connectivity index (χ1n) is 14.2. The van der Waals surface area contributed by atoms with Gasteiger partial charge in [0, 0.05) is 51.4 Å². The van der Waals surface area contributed by atoms with Crippen molar-refractivity contribution < 1.29 is 19.1 Å². The number of aromatic nitrogens is 1. The Labute approximate surface area is 241 Å². The van der Waals surface area contributed by atoms with Crippen molar-refractivity contribution in [2.24, 2.45) is 5.41 Å². The van der Waals surface area contributed by atoms with E-state index in [2.05, 4.69) is 15.1 Å². The number of nitrogens with one attached hydrogen (secondary N) is 1. The molecular formula is C33H39FN4O3. The van der Waals surface area contributed by atoms with Crippen LogP contribution in [0.3, 0.4) is 0 Å². The monoisotopic (exact) mass is 558 g/mol. The number of aliphatic carboxylic acids is 1. The quantitative estimate of drug-likeness (QED) is 0.287. The summed E-state index contributed by atoms with van der Waals surface area (Å²) < 4.78 is 13.2. The largest absolute Gasteiger partial charge is 0.481 e. The average Bonchev–Trinajstić information content (AvgIpc) is 2.97. The number of hydrogen-bond acceptors (Lipinski definition) is 5. The van der Waals surface area contributed by atoms with Crippen LogP contribution in [0.5, 0.6) is 0 Å². The number of piperazine rings is 1. The second-order valence-electron chi connectivity index (χ2n) is 10.7. The summed E-state index contributed by atoms with van der Waals surface area (Å²) in [4.78, 5) is 34.0. The summed E-state index contributed by atoms with van der Waals surface area (Å²) in [7, 11) is 0. The molecule has 0 radical (unpaired) electrons. The minimum atomic E-state index is -1.05. The molecule has 0 spiro atoms. The van der Waals surface area contributed by atoms with E-state index in [1.54, 1.807) is 19.9 Å². The van der Waals surface area contributed by atoms with Crippen molar-refractivity contribution in [3.8, 4) is 0 Å². The molecule has 7 nitrogen and oxygen atoms in total. The maximum absolute atomic E-state index is 13.2. The van der Waals surface area contributed by atoms with Crippen LogP contribution in [0, 0.1) is 11.2 Å². The number of benzene rings is 2. The van der Waals surface area contributed by atoms with E-state index in [1.807, 2.05) is 60.7 Å². The Kier molecular flexibility index (Phi) is 10.4. The predicted octanol–water partition coefficient (Wildman–Crippen LogP) is 5.93. The van der Waals surface area contributed by atoms with Crippen LogP contribution < -0.4 is 5.32 Å². The van der Waals surface area contributed by atoms with Crippen molar-refractivity contribution in [2.75, 3.05) is 31.5 Å². The summed E-state index contributed by atoms with van der Waals surface area (Å²) >= 11 is 0. The molecule has 0 unspecified atom stereocenters. The first kappa shape index (κ1) is 30.1. The lowest BCUT2D eigenvalue weighted by atomic mass is 9.79. The Balaban J connectivity index is 1.30. The zero-order valence-corrected chi connectivity index (χ0v) is 23.9. The Hall–Kier alpha value is -3.88. The van der Waals surface area contributed by atoms with Gasteiger partial charge >= 0.3 is 5.97 Å². The number of carbonyl (C=O) groups is 2. The third-order valence-electron chi connectivity index (χ3n) is 7.92. The zero-order chi connectivity index (χ0) is 29.2. The van der Waals surface area contributed by atoms with Gasteiger partial charge in [-0.2, -0.15) is 0 Å². The molecule has 8 heteroatoms. The van der Waals surface area contributed by atoms with Gasteiger partial charge in [0.2, 0.25) is 5.91 Å². The van der Waals surface area contributed by atoms with Crippen molar-refractivity contribution in [2.45, 2.75) is 46.2 Å². The molecule has 2 N–H and O–H groups in total. The van der Waals surface area contributed by atoms with Gasteiger partial charge in [-0.3, -0.25) is 24.4 Å². The average molecular weight is 559 g/mol. The number of carbonyl (C=O) groups excluding carboxylic acids is 1. The van der Waals surface area contributed by atoms with Crippen LogP contribution in [0.15, 0.2) is 66.7 Å². The van der Waals surface area contributed by atoms with Crippen molar-refractivity contribution in [1.29, 1.82) is 0 Å². The summed E-state index contributed by atoms with van der Waals surface area (Å²) in [5.74, 6) is -1.44. The third kappa shape index (κ3) is 8.55. The number of hydrogen-bond donors (Lipinski definition) is 2. The van der Waals surface area contributed by atoms with Crippen LogP contribution in [-0.2, 0) is 22.7 Å². The lowest BCUT2D eigenvalue weighted by Crippen LogP contribution is -2.45. The van der Waals surface area contributed by atoms with Crippen LogP contribution in [0.1, 0.15) is 55.6 Å². The van der Waals surface area contributed by atoms with Gasteiger partial charge in [0.05, 0.1) is 16.8 Å². The molecule has 4 rings (SSSR count). The molecule has 0 saturated carbocycles. The van der Waals surface area contributed by atoms with Crippen molar-refractivity contribution in [3.05, 3.63) is 95.1 Å². The Morgan fingerprint density at radius 2 is 1.59 bits per heavy atom. The minimum Gasteiger partial charge on any atom is -0.481 e. The smallest absolute Gasteiger partial charge is 0.310 e. The molecule has 1 aromatic heterocycles. The van der Waals surface area contributed by atoms with E-state index in [0.717, 1.165) is 61.8 Å². The van der Waals surface area contributed by atoms with Gasteiger partial charge < -0.3 is 10.4 Å². The van der Waals surface area contributed by atoms with Crippen LogP contribution in [0.25, 0.3) is 12.2 Å². The lowest BCUT2D eigenvalue weighted by molar-refractivity contribution is -0.151. The maximum atomic E-state index is 13.2. The highest BCUT2D eigenvalue weighted by molar-refractivity contribution is 5.94. The molecule has 0 atom stereocenters. The van der Waals surface area contributed by atoms with E-state index in [1.165, 1.54) is 12.1 Å². The van der Waals surface area contributed by atoms with Crippen LogP contribution in [-0.4, -0.2) is 57.9 Å². The fourth-order valence-electron chi connectivity index (χ4n) is 5.15. The summed E-state index contributed by atoms with van der Waals surface area (Å²) in [5.41, 5.74) is 3.47. The van der Waals surface area contributed by atoms with Crippen molar-refractivity contribution >= 4 is 29.7 Å². The Morgan fingerprint density at radius 3 is 2.24 bits per heavy atom. The predicted molar refractivity (Wildman–Crippen MR) is 160 cm³/mol. The molecule has 1 aliphatic heterocycles. The molecule has 41 heavy (non-hydrogen) atoms. The van der Waals surface area contributed by atoms with E-state index in [4.69, 9.17) is 4.98 Å². The molecule has 1 saturated heterocycles. The summed E-state index contributed by atoms with van der Waals surface area (Å²) in [6.45, 7) is 9.03. The molecule has 0 aliphatic carbocycles. The summed E-state index contributed by atoms with van der Waals surface area (Å²) in [5, 5.41) is 12.5. The molecule has 3 aromatic rings. The molecule has 1 aliphatic rings. The number of pyridine rings is 1. The highest BCUT2D eigenvalue weighted by atomic mass is 19.1. The maximum Gasteiger partial charge on any atom is 0.310 e. The van der Waals surface area contributed by atoms with Gasteiger partial charge in [-0.1, -0.05) is 50.3 Å². The number of carboxylic acid groups (broad SMARTS) is 1. The van der Waals surface area contributed by atoms with Gasteiger partial charge in [0.1, 0.15) is 5.82 Å². The number of anilines is 1. The number of halogens is 1. The molecule has 1 fully saturated rings. The molecule has 2 heterocycles. The fourth-order valence-corrected chi connectivity index (χ4v) is 5.15. The second kappa shape index (κ2) is 14.1. The van der Waals surface area contributed by atoms with E-state index in [-0.39, 0.29) is 18.1 Å². The Morgan fingerprint density at radius 1 is 0.927 bits per heavy atom. The fraction of sp³-hybridized carbons (Fsp3) is 0.364. The van der Waals surface area contributed by atoms with Crippen LogP contribution in [0.4, 0.5) is 10.1 Å². The van der Waals surface area contributed by atoms with E-state index in [9.17, 15) is 19.1 Å². The van der Waals surface area contributed by atoms with E-state index >= 15 is 0 Å². The molecule has 0 bridgehead atoms.